The van der Waals surface area contributed by atoms with Crippen molar-refractivity contribution in [2.75, 3.05) is 13.4 Å². The highest BCUT2D eigenvalue weighted by Gasteiger charge is 2.69. The summed E-state index contributed by atoms with van der Waals surface area (Å²) in [6, 6.07) is 13.4. The van der Waals surface area contributed by atoms with E-state index in [4.69, 9.17) is 15.2 Å². The van der Waals surface area contributed by atoms with Crippen molar-refractivity contribution in [3.05, 3.63) is 54.1 Å². The Morgan fingerprint density at radius 2 is 1.83 bits per heavy atom. The predicted octanol–water partition coefficient (Wildman–Crippen LogP) is 1.04. The van der Waals surface area contributed by atoms with Crippen LogP contribution >= 0.6 is 0 Å². The maximum Gasteiger partial charge on any atom is 0.231 e. The van der Waals surface area contributed by atoms with Gasteiger partial charge < -0.3 is 20.3 Å². The Balaban J connectivity index is 1.74. The van der Waals surface area contributed by atoms with Crippen LogP contribution in [0, 0.1) is 0 Å². The molecule has 126 valence electrons. The molecule has 1 aliphatic carbocycles. The van der Waals surface area contributed by atoms with Gasteiger partial charge in [0.1, 0.15) is 0 Å². The summed E-state index contributed by atoms with van der Waals surface area (Å²) in [6.45, 7) is -0.272. The molecule has 3 N–H and O–H groups in total. The Morgan fingerprint density at radius 3 is 2.54 bits per heavy atom. The monoisotopic (exact) mass is 347 g/mol. The van der Waals surface area contributed by atoms with Gasteiger partial charge >= 0.3 is 0 Å². The number of hydrogen-bond donors (Lipinski definition) is 2. The second-order valence-corrected chi connectivity index (χ2v) is 8.21. The maximum atomic E-state index is 12.9. The number of hydrogen-bond acceptors (Lipinski definition) is 6. The summed E-state index contributed by atoms with van der Waals surface area (Å²) in [5, 5.41) is 8.85. The normalized spacial score (nSPS) is 27.9. The zero-order valence-corrected chi connectivity index (χ0v) is 13.6. The number of benzene rings is 2. The lowest BCUT2D eigenvalue weighted by Crippen LogP contribution is -2.35. The van der Waals surface area contributed by atoms with Crippen LogP contribution in [-0.2, 0) is 9.84 Å². The summed E-state index contributed by atoms with van der Waals surface area (Å²) in [7, 11) is -3.65. The molecule has 1 aliphatic heterocycles. The third kappa shape index (κ3) is 2.12. The van der Waals surface area contributed by atoms with E-state index in [9.17, 15) is 13.5 Å². The number of fused-ring (bicyclic) bond motifs is 1. The fraction of sp³-hybridized carbons (Fsp3) is 0.294. The van der Waals surface area contributed by atoms with E-state index in [1.165, 1.54) is 0 Å². The first-order chi connectivity index (χ1) is 11.5. The van der Waals surface area contributed by atoms with Gasteiger partial charge in [0.15, 0.2) is 21.3 Å². The highest BCUT2D eigenvalue weighted by Crippen LogP contribution is 2.56. The van der Waals surface area contributed by atoms with Gasteiger partial charge in [0.25, 0.3) is 0 Å². The van der Waals surface area contributed by atoms with Crippen LogP contribution in [0.4, 0.5) is 0 Å². The molecule has 2 aromatic carbocycles. The molecular formula is C17H17NO5S. The highest BCUT2D eigenvalue weighted by molar-refractivity contribution is 7.92. The molecule has 1 saturated carbocycles. The van der Waals surface area contributed by atoms with Gasteiger partial charge in [-0.1, -0.05) is 24.3 Å². The summed E-state index contributed by atoms with van der Waals surface area (Å²) < 4.78 is 36.5. The van der Waals surface area contributed by atoms with Gasteiger partial charge in [0, 0.05) is 5.92 Å². The summed E-state index contributed by atoms with van der Waals surface area (Å²) in [5.74, 6) is 0.686. The largest absolute Gasteiger partial charge is 0.454 e. The van der Waals surface area contributed by atoms with E-state index in [-0.39, 0.29) is 11.7 Å². The fourth-order valence-corrected chi connectivity index (χ4v) is 5.75. The smallest absolute Gasteiger partial charge is 0.231 e. The number of nitrogens with two attached hydrogens (primary N) is 1. The van der Waals surface area contributed by atoms with E-state index < -0.39 is 33.2 Å². The van der Waals surface area contributed by atoms with Crippen LogP contribution in [0.25, 0.3) is 0 Å². The van der Waals surface area contributed by atoms with Crippen molar-refractivity contribution in [2.45, 2.75) is 21.6 Å². The standard InChI is InChI=1S/C17H17NO5S/c18-17(9-19)15(11-6-7-13-14(8-11)23-10-22-13)16(17)24(20,21)12-4-2-1-3-5-12/h1-8,15-16,19H,9-10,18H2/t15-,16+,17+/m0/s1. The minimum Gasteiger partial charge on any atom is -0.454 e. The molecule has 0 amide bonds. The average molecular weight is 347 g/mol. The molecule has 24 heavy (non-hydrogen) atoms. The Kier molecular flexibility index (Phi) is 3.35. The van der Waals surface area contributed by atoms with Gasteiger partial charge in [-0.2, -0.15) is 0 Å². The van der Waals surface area contributed by atoms with Crippen molar-refractivity contribution in [3.8, 4) is 11.5 Å². The number of ether oxygens (including phenoxy) is 2. The van der Waals surface area contributed by atoms with Crippen molar-refractivity contribution in [1.29, 1.82) is 0 Å². The van der Waals surface area contributed by atoms with E-state index >= 15 is 0 Å². The minimum absolute atomic E-state index is 0.142. The summed E-state index contributed by atoms with van der Waals surface area (Å²) in [6.07, 6.45) is 0. The van der Waals surface area contributed by atoms with E-state index in [0.717, 1.165) is 5.56 Å². The topological polar surface area (TPSA) is 98.9 Å². The van der Waals surface area contributed by atoms with Crippen LogP contribution in [0.15, 0.2) is 53.4 Å². The number of rotatable bonds is 4. The number of sulfone groups is 1. The number of aliphatic hydroxyl groups is 1. The molecule has 7 heteroatoms. The second kappa shape index (κ2) is 5.20. The molecule has 0 saturated heterocycles. The van der Waals surface area contributed by atoms with Crippen molar-refractivity contribution in [2.24, 2.45) is 5.73 Å². The van der Waals surface area contributed by atoms with E-state index in [1.807, 2.05) is 0 Å². The van der Waals surface area contributed by atoms with E-state index in [1.54, 1.807) is 48.5 Å². The fourth-order valence-electron chi connectivity index (χ4n) is 3.43. The quantitative estimate of drug-likeness (QED) is 0.858. The average Bonchev–Trinajstić information content (AvgIpc) is 3.00. The molecule has 4 rings (SSSR count). The van der Waals surface area contributed by atoms with E-state index in [0.29, 0.717) is 11.5 Å². The zero-order valence-electron chi connectivity index (χ0n) is 12.8. The van der Waals surface area contributed by atoms with Gasteiger partial charge in [0.05, 0.1) is 22.3 Å². The van der Waals surface area contributed by atoms with Crippen LogP contribution in [-0.4, -0.2) is 37.7 Å². The lowest BCUT2D eigenvalue weighted by Gasteiger charge is -2.08. The van der Waals surface area contributed by atoms with Gasteiger partial charge in [-0.15, -0.1) is 0 Å². The Hall–Kier alpha value is -2.09. The molecule has 1 heterocycles. The molecule has 0 radical (unpaired) electrons. The summed E-state index contributed by atoms with van der Waals surface area (Å²) in [5.41, 5.74) is 5.75. The SMILES string of the molecule is N[C@@]1(CO)[C@H](S(=O)(=O)c2ccccc2)[C@@H]1c1ccc2c(c1)OCO2. The molecule has 0 spiro atoms. The van der Waals surface area contributed by atoms with Crippen molar-refractivity contribution in [1.82, 2.24) is 0 Å². The summed E-state index contributed by atoms with van der Waals surface area (Å²) in [4.78, 5) is 0.210. The van der Waals surface area contributed by atoms with Crippen molar-refractivity contribution >= 4 is 9.84 Å². The molecule has 6 nitrogen and oxygen atoms in total. The molecule has 0 unspecified atom stereocenters. The number of aliphatic hydroxyl groups excluding tert-OH is 1. The Labute approximate surface area is 139 Å². The molecule has 0 bridgehead atoms. The maximum absolute atomic E-state index is 12.9. The van der Waals surface area contributed by atoms with Crippen LogP contribution in [0.1, 0.15) is 11.5 Å². The van der Waals surface area contributed by atoms with Gasteiger partial charge in [-0.3, -0.25) is 0 Å². The Bertz CT molecular complexity index is 883. The molecule has 0 aromatic heterocycles. The first kappa shape index (κ1) is 15.4. The van der Waals surface area contributed by atoms with Gasteiger partial charge in [-0.25, -0.2) is 8.42 Å². The van der Waals surface area contributed by atoms with Crippen LogP contribution in [0.5, 0.6) is 11.5 Å². The van der Waals surface area contributed by atoms with Gasteiger partial charge in [0.2, 0.25) is 6.79 Å². The summed E-state index contributed by atoms with van der Waals surface area (Å²) >= 11 is 0. The molecule has 2 aromatic rings. The van der Waals surface area contributed by atoms with Crippen LogP contribution in [0.2, 0.25) is 0 Å². The van der Waals surface area contributed by atoms with Gasteiger partial charge in [-0.05, 0) is 29.8 Å². The Morgan fingerprint density at radius 1 is 1.12 bits per heavy atom. The third-order valence-electron chi connectivity index (χ3n) is 4.74. The van der Waals surface area contributed by atoms with Crippen LogP contribution in [0.3, 0.4) is 0 Å². The highest BCUT2D eigenvalue weighted by atomic mass is 32.2. The predicted molar refractivity (Wildman–Crippen MR) is 86.7 cm³/mol. The minimum atomic E-state index is -3.65. The van der Waals surface area contributed by atoms with Crippen molar-refractivity contribution < 1.29 is 23.0 Å². The van der Waals surface area contributed by atoms with Crippen molar-refractivity contribution in [3.63, 3.8) is 0 Å². The molecule has 1 fully saturated rings. The van der Waals surface area contributed by atoms with E-state index in [2.05, 4.69) is 0 Å². The first-order valence-corrected chi connectivity index (χ1v) is 9.11. The molecular weight excluding hydrogens is 330 g/mol. The third-order valence-corrected chi connectivity index (χ3v) is 7.05. The second-order valence-electron chi connectivity index (χ2n) is 6.14. The zero-order chi connectivity index (χ0) is 16.9. The lowest BCUT2D eigenvalue weighted by atomic mass is 10.1. The lowest BCUT2D eigenvalue weighted by molar-refractivity contribution is 0.174. The molecule has 2 aliphatic rings. The van der Waals surface area contributed by atoms with Crippen LogP contribution < -0.4 is 15.2 Å². The molecule has 3 atom stereocenters. The first-order valence-electron chi connectivity index (χ1n) is 7.57.